The smallest absolute Gasteiger partial charge is 0.241 e. The lowest BCUT2D eigenvalue weighted by Gasteiger charge is -2.30. The van der Waals surface area contributed by atoms with Crippen molar-refractivity contribution >= 4 is 5.91 Å². The molecule has 116 valence electrons. The number of rotatable bonds is 9. The zero-order chi connectivity index (χ0) is 15.3. The van der Waals surface area contributed by atoms with E-state index < -0.39 is 5.54 Å². The van der Waals surface area contributed by atoms with Gasteiger partial charge >= 0.3 is 0 Å². The third kappa shape index (κ3) is 3.74. The quantitative estimate of drug-likeness (QED) is 0.715. The summed E-state index contributed by atoms with van der Waals surface area (Å²) in [6.07, 6.45) is 2.91. The Hall–Kier alpha value is -1.59. The van der Waals surface area contributed by atoms with E-state index >= 15 is 0 Å². The molecule has 5 heteroatoms. The zero-order valence-corrected chi connectivity index (χ0v) is 12.7. The fraction of sp³-hybridized carbons (Fsp3) is 0.562. The highest BCUT2D eigenvalue weighted by Gasteiger charge is 2.49. The van der Waals surface area contributed by atoms with Gasteiger partial charge in [-0.2, -0.15) is 0 Å². The summed E-state index contributed by atoms with van der Waals surface area (Å²) in [4.78, 5) is 11.8. The Morgan fingerprint density at radius 2 is 2.05 bits per heavy atom. The number of nitrogens with two attached hydrogens (primary N) is 1. The molecule has 1 aromatic rings. The predicted molar refractivity (Wildman–Crippen MR) is 81.2 cm³/mol. The molecule has 0 aliphatic heterocycles. The molecule has 3 N–H and O–H groups in total. The van der Waals surface area contributed by atoms with E-state index in [1.54, 1.807) is 14.2 Å². The fourth-order valence-corrected chi connectivity index (χ4v) is 2.54. The highest BCUT2D eigenvalue weighted by Crippen LogP contribution is 2.39. The zero-order valence-electron chi connectivity index (χ0n) is 12.7. The second-order valence-electron chi connectivity index (χ2n) is 5.54. The number of hydrogen-bond donors (Lipinski definition) is 2. The van der Waals surface area contributed by atoms with Crippen LogP contribution in [0, 0.1) is 5.92 Å². The summed E-state index contributed by atoms with van der Waals surface area (Å²) in [6, 6.07) is 7.85. The summed E-state index contributed by atoms with van der Waals surface area (Å²) < 4.78 is 10.8. The summed E-state index contributed by atoms with van der Waals surface area (Å²) in [7, 11) is 3.46. The van der Waals surface area contributed by atoms with E-state index in [-0.39, 0.29) is 18.4 Å². The molecule has 1 aromatic carbocycles. The Labute approximate surface area is 125 Å². The first-order valence-corrected chi connectivity index (χ1v) is 7.32. The van der Waals surface area contributed by atoms with Crippen molar-refractivity contribution in [3.8, 4) is 5.75 Å². The number of hydrogen-bond acceptors (Lipinski definition) is 4. The van der Waals surface area contributed by atoms with Gasteiger partial charge in [0.15, 0.2) is 0 Å². The molecule has 0 bridgehead atoms. The topological polar surface area (TPSA) is 73.6 Å². The van der Waals surface area contributed by atoms with Crippen LogP contribution in [-0.4, -0.2) is 38.8 Å². The minimum Gasteiger partial charge on any atom is -0.491 e. The van der Waals surface area contributed by atoms with E-state index in [0.717, 1.165) is 25.0 Å². The number of benzene rings is 1. The van der Waals surface area contributed by atoms with Crippen LogP contribution >= 0.6 is 0 Å². The number of carbonyl (C=O) groups excluding carboxylic acids is 1. The molecule has 1 saturated carbocycles. The van der Waals surface area contributed by atoms with Crippen molar-refractivity contribution in [2.24, 2.45) is 11.7 Å². The highest BCUT2D eigenvalue weighted by molar-refractivity contribution is 5.85. The monoisotopic (exact) mass is 292 g/mol. The van der Waals surface area contributed by atoms with Crippen LogP contribution in [-0.2, 0) is 16.0 Å². The Kier molecular flexibility index (Phi) is 5.20. The fourth-order valence-electron chi connectivity index (χ4n) is 2.54. The number of carbonyl (C=O) groups is 1. The number of methoxy groups -OCH3 is 1. The van der Waals surface area contributed by atoms with E-state index in [1.165, 1.54) is 5.56 Å². The summed E-state index contributed by atoms with van der Waals surface area (Å²) >= 11 is 0. The molecule has 5 nitrogen and oxygen atoms in total. The van der Waals surface area contributed by atoms with E-state index in [9.17, 15) is 4.79 Å². The third-order valence-electron chi connectivity index (χ3n) is 4.14. The first-order valence-electron chi connectivity index (χ1n) is 7.32. The van der Waals surface area contributed by atoms with Crippen LogP contribution in [0.3, 0.4) is 0 Å². The molecule has 0 saturated heterocycles. The molecule has 1 aliphatic rings. The molecule has 1 aliphatic carbocycles. The molecule has 1 fully saturated rings. The van der Waals surface area contributed by atoms with Crippen molar-refractivity contribution in [3.63, 3.8) is 0 Å². The van der Waals surface area contributed by atoms with Crippen LogP contribution in [0.4, 0.5) is 0 Å². The number of primary amides is 1. The molecule has 21 heavy (non-hydrogen) atoms. The molecular formula is C16H24N2O3. The standard InChI is InChI=1S/C16H24N2O3/c1-18-16(15(17)19,13-5-6-13)11-21-14-7-3-12(4-8-14)9-10-20-2/h3-4,7-8,13,18H,5-6,9-11H2,1-2H3,(H2,17,19). The Bertz CT molecular complexity index is 471. The molecule has 1 amide bonds. The minimum atomic E-state index is -0.755. The van der Waals surface area contributed by atoms with E-state index in [4.69, 9.17) is 15.2 Å². The molecule has 0 heterocycles. The lowest BCUT2D eigenvalue weighted by molar-refractivity contribution is -0.126. The summed E-state index contributed by atoms with van der Waals surface area (Å²) in [6.45, 7) is 0.966. The molecule has 1 atom stereocenters. The number of ether oxygens (including phenoxy) is 2. The SMILES string of the molecule is CNC(COc1ccc(CCOC)cc1)(C(N)=O)C1CC1. The van der Waals surface area contributed by atoms with Crippen LogP contribution in [0.2, 0.25) is 0 Å². The summed E-state index contributed by atoms with van der Waals surface area (Å²) in [5, 5.41) is 3.07. The molecule has 0 radical (unpaired) electrons. The van der Waals surface area contributed by atoms with Gasteiger partial charge in [-0.3, -0.25) is 4.79 Å². The van der Waals surface area contributed by atoms with Gasteiger partial charge in [0.1, 0.15) is 17.9 Å². The van der Waals surface area contributed by atoms with Gasteiger partial charge in [0.2, 0.25) is 5.91 Å². The number of amides is 1. The van der Waals surface area contributed by atoms with Gasteiger partial charge in [-0.25, -0.2) is 0 Å². The number of nitrogens with one attached hydrogen (secondary N) is 1. The van der Waals surface area contributed by atoms with Gasteiger partial charge in [-0.05, 0) is 49.9 Å². The summed E-state index contributed by atoms with van der Waals surface area (Å²) in [5.41, 5.74) is 6.01. The highest BCUT2D eigenvalue weighted by atomic mass is 16.5. The van der Waals surface area contributed by atoms with E-state index in [0.29, 0.717) is 6.61 Å². The molecule has 1 unspecified atom stereocenters. The van der Waals surface area contributed by atoms with Gasteiger partial charge in [0, 0.05) is 7.11 Å². The van der Waals surface area contributed by atoms with Gasteiger partial charge in [0.05, 0.1) is 6.61 Å². The van der Waals surface area contributed by atoms with Crippen LogP contribution in [0.1, 0.15) is 18.4 Å². The predicted octanol–water partition coefficient (Wildman–Crippen LogP) is 1.11. The largest absolute Gasteiger partial charge is 0.491 e. The van der Waals surface area contributed by atoms with Crippen molar-refractivity contribution < 1.29 is 14.3 Å². The Morgan fingerprint density at radius 1 is 1.38 bits per heavy atom. The van der Waals surface area contributed by atoms with E-state index in [1.807, 2.05) is 24.3 Å². The Morgan fingerprint density at radius 3 is 2.52 bits per heavy atom. The van der Waals surface area contributed by atoms with Crippen molar-refractivity contribution in [2.75, 3.05) is 27.4 Å². The maximum Gasteiger partial charge on any atom is 0.241 e. The van der Waals surface area contributed by atoms with Crippen LogP contribution in [0.25, 0.3) is 0 Å². The first-order chi connectivity index (χ1) is 10.1. The van der Waals surface area contributed by atoms with Gasteiger partial charge in [-0.15, -0.1) is 0 Å². The average molecular weight is 292 g/mol. The van der Waals surface area contributed by atoms with Crippen molar-refractivity contribution in [1.29, 1.82) is 0 Å². The molecule has 2 rings (SSSR count). The second kappa shape index (κ2) is 6.91. The number of likely N-dealkylation sites (N-methyl/N-ethyl adjacent to an activating group) is 1. The molecule has 0 spiro atoms. The maximum absolute atomic E-state index is 11.8. The lowest BCUT2D eigenvalue weighted by atomic mass is 9.93. The van der Waals surface area contributed by atoms with Crippen LogP contribution < -0.4 is 15.8 Å². The molecule has 0 aromatic heterocycles. The Balaban J connectivity index is 1.96. The summed E-state index contributed by atoms with van der Waals surface area (Å²) in [5.74, 6) is 0.683. The third-order valence-corrected chi connectivity index (χ3v) is 4.14. The van der Waals surface area contributed by atoms with Crippen LogP contribution in [0.5, 0.6) is 5.75 Å². The lowest BCUT2D eigenvalue weighted by Crippen LogP contribution is -2.59. The van der Waals surface area contributed by atoms with Crippen molar-refractivity contribution in [3.05, 3.63) is 29.8 Å². The second-order valence-corrected chi connectivity index (χ2v) is 5.54. The van der Waals surface area contributed by atoms with Gasteiger partial charge in [-0.1, -0.05) is 12.1 Å². The van der Waals surface area contributed by atoms with Crippen molar-refractivity contribution in [1.82, 2.24) is 5.32 Å². The van der Waals surface area contributed by atoms with Gasteiger partial charge < -0.3 is 20.5 Å². The first kappa shape index (κ1) is 15.8. The van der Waals surface area contributed by atoms with Gasteiger partial charge in [0.25, 0.3) is 0 Å². The average Bonchev–Trinajstić information content (AvgIpc) is 3.32. The van der Waals surface area contributed by atoms with Crippen LogP contribution in [0.15, 0.2) is 24.3 Å². The van der Waals surface area contributed by atoms with Crippen molar-refractivity contribution in [2.45, 2.75) is 24.8 Å². The normalized spacial score (nSPS) is 17.2. The maximum atomic E-state index is 11.8. The minimum absolute atomic E-state index is 0.265. The molecular weight excluding hydrogens is 268 g/mol. The van der Waals surface area contributed by atoms with E-state index in [2.05, 4.69) is 5.32 Å².